The number of hydrogen-bond donors (Lipinski definition) is 1. The second-order valence-corrected chi connectivity index (χ2v) is 5.76. The third kappa shape index (κ3) is 1.81. The molecule has 18 heavy (non-hydrogen) atoms. The molecule has 0 aromatic carbocycles. The number of nitrogens with zero attached hydrogens (tertiary/aromatic N) is 1. The summed E-state index contributed by atoms with van der Waals surface area (Å²) in [5, 5.41) is 9.12. The van der Waals surface area contributed by atoms with Gasteiger partial charge in [-0.15, -0.1) is 0 Å². The van der Waals surface area contributed by atoms with E-state index < -0.39 is 12.0 Å². The van der Waals surface area contributed by atoms with E-state index in [2.05, 4.69) is 0 Å². The highest BCUT2D eigenvalue weighted by Gasteiger charge is 2.59. The first-order chi connectivity index (χ1) is 8.64. The Labute approximate surface area is 106 Å². The second kappa shape index (κ2) is 4.23. The van der Waals surface area contributed by atoms with Crippen molar-refractivity contribution < 1.29 is 19.4 Å². The maximum absolute atomic E-state index is 12.4. The van der Waals surface area contributed by atoms with Crippen LogP contribution in [-0.4, -0.2) is 47.7 Å². The number of carboxylic acids is 1. The summed E-state index contributed by atoms with van der Waals surface area (Å²) in [6, 6.07) is -0.588. The molecule has 0 bridgehead atoms. The highest BCUT2D eigenvalue weighted by Crippen LogP contribution is 2.60. The summed E-state index contributed by atoms with van der Waals surface area (Å²) in [5.41, 5.74) is 0.140. The van der Waals surface area contributed by atoms with Gasteiger partial charge in [0.15, 0.2) is 0 Å². The molecular formula is C13H19NO4. The molecule has 1 spiro atoms. The van der Waals surface area contributed by atoms with Crippen LogP contribution in [0.3, 0.4) is 0 Å². The lowest BCUT2D eigenvalue weighted by Crippen LogP contribution is -2.42. The largest absolute Gasteiger partial charge is 0.480 e. The molecule has 3 rings (SSSR count). The van der Waals surface area contributed by atoms with Crippen LogP contribution in [0.1, 0.15) is 32.1 Å². The van der Waals surface area contributed by atoms with Crippen molar-refractivity contribution in [3.8, 4) is 0 Å². The van der Waals surface area contributed by atoms with Crippen molar-refractivity contribution in [3.63, 3.8) is 0 Å². The molecule has 3 aliphatic rings. The van der Waals surface area contributed by atoms with Gasteiger partial charge in [-0.25, -0.2) is 4.79 Å². The molecule has 0 radical (unpaired) electrons. The van der Waals surface area contributed by atoms with E-state index in [9.17, 15) is 9.59 Å². The summed E-state index contributed by atoms with van der Waals surface area (Å²) in [6.45, 7) is 2.09. The molecule has 0 aromatic rings. The number of aliphatic carboxylic acids is 1. The first-order valence-electron chi connectivity index (χ1n) is 6.75. The molecule has 2 aliphatic heterocycles. The third-order valence-corrected chi connectivity index (χ3v) is 4.80. The van der Waals surface area contributed by atoms with Crippen molar-refractivity contribution in [3.05, 3.63) is 0 Å². The number of carbonyl (C=O) groups is 2. The number of carbonyl (C=O) groups excluding carboxylic acids is 1. The van der Waals surface area contributed by atoms with Gasteiger partial charge in [-0.2, -0.15) is 0 Å². The molecule has 2 heterocycles. The maximum atomic E-state index is 12.4. The lowest BCUT2D eigenvalue weighted by Gasteiger charge is -2.26. The Kier molecular flexibility index (Phi) is 2.81. The molecule has 1 unspecified atom stereocenters. The highest BCUT2D eigenvalue weighted by molar-refractivity contribution is 5.88. The fourth-order valence-electron chi connectivity index (χ4n) is 3.51. The van der Waals surface area contributed by atoms with Gasteiger partial charge in [-0.3, -0.25) is 4.79 Å². The third-order valence-electron chi connectivity index (χ3n) is 4.80. The van der Waals surface area contributed by atoms with E-state index in [1.807, 2.05) is 0 Å². The lowest BCUT2D eigenvalue weighted by molar-refractivity contribution is -0.149. The number of rotatable bonds is 2. The first kappa shape index (κ1) is 12.0. The van der Waals surface area contributed by atoms with Gasteiger partial charge in [0.2, 0.25) is 5.91 Å². The van der Waals surface area contributed by atoms with Crippen LogP contribution in [-0.2, 0) is 14.3 Å². The van der Waals surface area contributed by atoms with E-state index in [4.69, 9.17) is 9.84 Å². The van der Waals surface area contributed by atoms with Gasteiger partial charge in [-0.1, -0.05) is 0 Å². The molecule has 1 amide bonds. The molecule has 5 nitrogen and oxygen atoms in total. The molecule has 1 aliphatic carbocycles. The topological polar surface area (TPSA) is 66.8 Å². The van der Waals surface area contributed by atoms with E-state index >= 15 is 0 Å². The molecular weight excluding hydrogens is 234 g/mol. The summed E-state index contributed by atoms with van der Waals surface area (Å²) in [7, 11) is 0. The zero-order valence-corrected chi connectivity index (χ0v) is 10.4. The Hall–Kier alpha value is -1.10. The maximum Gasteiger partial charge on any atom is 0.326 e. The van der Waals surface area contributed by atoms with Gasteiger partial charge in [0.25, 0.3) is 0 Å². The number of amides is 1. The van der Waals surface area contributed by atoms with E-state index in [1.54, 1.807) is 4.90 Å². The van der Waals surface area contributed by atoms with Gasteiger partial charge >= 0.3 is 5.97 Å². The average molecular weight is 253 g/mol. The van der Waals surface area contributed by atoms with Gasteiger partial charge < -0.3 is 14.7 Å². The fourth-order valence-corrected chi connectivity index (χ4v) is 3.51. The van der Waals surface area contributed by atoms with Crippen LogP contribution in [0.4, 0.5) is 0 Å². The zero-order chi connectivity index (χ0) is 12.8. The van der Waals surface area contributed by atoms with Gasteiger partial charge in [0.05, 0.1) is 0 Å². The monoisotopic (exact) mass is 253 g/mol. The van der Waals surface area contributed by atoms with Crippen molar-refractivity contribution in [1.29, 1.82) is 0 Å². The summed E-state index contributed by atoms with van der Waals surface area (Å²) in [4.78, 5) is 25.1. The van der Waals surface area contributed by atoms with E-state index in [0.29, 0.717) is 13.0 Å². The summed E-state index contributed by atoms with van der Waals surface area (Å²) in [5.74, 6) is -0.731. The Morgan fingerprint density at radius 1 is 1.28 bits per heavy atom. The predicted molar refractivity (Wildman–Crippen MR) is 63.0 cm³/mol. The van der Waals surface area contributed by atoms with Gasteiger partial charge in [-0.05, 0) is 37.5 Å². The Morgan fingerprint density at radius 3 is 2.67 bits per heavy atom. The second-order valence-electron chi connectivity index (χ2n) is 5.76. The average Bonchev–Trinajstić information content (AvgIpc) is 2.86. The Morgan fingerprint density at radius 2 is 2.00 bits per heavy atom. The van der Waals surface area contributed by atoms with Crippen LogP contribution in [0, 0.1) is 11.3 Å². The minimum absolute atomic E-state index is 0.0568. The SMILES string of the molecule is O=C(O)[C@H]1CCCN1C(=O)C1CC12CCOCC2. The van der Waals surface area contributed by atoms with E-state index in [0.717, 1.165) is 38.9 Å². The fraction of sp³-hybridized carbons (Fsp3) is 0.846. The van der Waals surface area contributed by atoms with E-state index in [-0.39, 0.29) is 17.2 Å². The Bertz CT molecular complexity index is 375. The number of ether oxygens (including phenoxy) is 1. The number of hydrogen-bond acceptors (Lipinski definition) is 3. The quantitative estimate of drug-likeness (QED) is 0.793. The highest BCUT2D eigenvalue weighted by atomic mass is 16.5. The van der Waals surface area contributed by atoms with Gasteiger partial charge in [0, 0.05) is 25.7 Å². The molecule has 1 saturated carbocycles. The van der Waals surface area contributed by atoms with Crippen molar-refractivity contribution in [2.24, 2.45) is 11.3 Å². The molecule has 2 saturated heterocycles. The van der Waals surface area contributed by atoms with Crippen molar-refractivity contribution in [2.75, 3.05) is 19.8 Å². The van der Waals surface area contributed by atoms with Crippen LogP contribution in [0.5, 0.6) is 0 Å². The predicted octanol–water partition coefficient (Wildman–Crippen LogP) is 0.879. The van der Waals surface area contributed by atoms with Crippen LogP contribution in [0.15, 0.2) is 0 Å². The minimum Gasteiger partial charge on any atom is -0.480 e. The molecule has 0 aromatic heterocycles. The normalized spacial score (nSPS) is 33.7. The van der Waals surface area contributed by atoms with Crippen LogP contribution in [0.2, 0.25) is 0 Å². The summed E-state index contributed by atoms with van der Waals surface area (Å²) >= 11 is 0. The molecule has 100 valence electrons. The zero-order valence-electron chi connectivity index (χ0n) is 10.4. The Balaban J connectivity index is 1.67. The van der Waals surface area contributed by atoms with Crippen LogP contribution >= 0.6 is 0 Å². The molecule has 5 heteroatoms. The van der Waals surface area contributed by atoms with Crippen molar-refractivity contribution in [2.45, 2.75) is 38.1 Å². The number of carboxylic acid groups (broad SMARTS) is 1. The van der Waals surface area contributed by atoms with Crippen LogP contribution in [0.25, 0.3) is 0 Å². The van der Waals surface area contributed by atoms with Crippen molar-refractivity contribution >= 4 is 11.9 Å². The summed E-state index contributed by atoms with van der Waals surface area (Å²) in [6.07, 6.45) is 4.25. The standard InChI is InChI=1S/C13H19NO4/c15-11(14-5-1-2-10(14)12(16)17)9-8-13(9)3-6-18-7-4-13/h9-10H,1-8H2,(H,16,17)/t9?,10-/m1/s1. The molecule has 3 fully saturated rings. The first-order valence-corrected chi connectivity index (χ1v) is 6.75. The molecule has 1 N–H and O–H groups in total. The van der Waals surface area contributed by atoms with Gasteiger partial charge in [0.1, 0.15) is 6.04 Å². The van der Waals surface area contributed by atoms with Crippen molar-refractivity contribution in [1.82, 2.24) is 4.90 Å². The minimum atomic E-state index is -0.859. The smallest absolute Gasteiger partial charge is 0.326 e. The molecule has 2 atom stereocenters. The summed E-state index contributed by atoms with van der Waals surface area (Å²) < 4.78 is 5.34. The van der Waals surface area contributed by atoms with Crippen LogP contribution < -0.4 is 0 Å². The van der Waals surface area contributed by atoms with E-state index in [1.165, 1.54) is 0 Å². The lowest BCUT2D eigenvalue weighted by atomic mass is 9.93. The number of likely N-dealkylation sites (tertiary alicyclic amines) is 1.